The van der Waals surface area contributed by atoms with Crippen LogP contribution in [0.2, 0.25) is 0 Å². The number of nitrogens with one attached hydrogen (secondary N) is 1. The van der Waals surface area contributed by atoms with Crippen molar-refractivity contribution in [2.45, 2.75) is 32.9 Å². The van der Waals surface area contributed by atoms with Crippen molar-refractivity contribution in [3.8, 4) is 0 Å². The van der Waals surface area contributed by atoms with Crippen LogP contribution in [0.5, 0.6) is 0 Å². The van der Waals surface area contributed by atoms with E-state index < -0.39 is 0 Å². The second kappa shape index (κ2) is 6.35. The number of benzene rings is 1. The highest BCUT2D eigenvalue weighted by Gasteiger charge is 2.10. The van der Waals surface area contributed by atoms with Crippen LogP contribution in [0.25, 0.3) is 0 Å². The van der Waals surface area contributed by atoms with Gasteiger partial charge in [0.15, 0.2) is 0 Å². The van der Waals surface area contributed by atoms with E-state index in [-0.39, 0.29) is 11.7 Å². The molecule has 1 aromatic rings. The van der Waals surface area contributed by atoms with Crippen molar-refractivity contribution in [3.63, 3.8) is 0 Å². The third kappa shape index (κ3) is 4.95. The van der Waals surface area contributed by atoms with Crippen LogP contribution in [0.15, 0.2) is 24.3 Å². The summed E-state index contributed by atoms with van der Waals surface area (Å²) in [5, 5.41) is 7.23. The minimum Gasteiger partial charge on any atom is -0.388 e. The average molecular weight is 237 g/mol. The van der Waals surface area contributed by atoms with Crippen molar-refractivity contribution in [2.24, 2.45) is 5.73 Å². The smallest absolute Gasteiger partial charge is 0.123 e. The van der Waals surface area contributed by atoms with Crippen LogP contribution in [0, 0.1) is 11.2 Å². The van der Waals surface area contributed by atoms with Crippen LogP contribution < -0.4 is 5.73 Å². The Morgan fingerprint density at radius 2 is 2.18 bits per heavy atom. The number of amidine groups is 1. The first-order chi connectivity index (χ1) is 7.99. The van der Waals surface area contributed by atoms with E-state index in [0.29, 0.717) is 19.0 Å². The van der Waals surface area contributed by atoms with E-state index >= 15 is 0 Å². The van der Waals surface area contributed by atoms with Crippen molar-refractivity contribution >= 4 is 5.84 Å². The fourth-order valence-corrected chi connectivity index (χ4v) is 1.65. The Hall–Kier alpha value is -1.42. The van der Waals surface area contributed by atoms with Crippen LogP contribution in [0.1, 0.15) is 25.8 Å². The molecule has 0 spiro atoms. The molecule has 0 unspecified atom stereocenters. The van der Waals surface area contributed by atoms with Gasteiger partial charge in [-0.3, -0.25) is 10.3 Å². The molecule has 0 amide bonds. The lowest BCUT2D eigenvalue weighted by Gasteiger charge is -2.26. The van der Waals surface area contributed by atoms with Gasteiger partial charge in [0.2, 0.25) is 0 Å². The van der Waals surface area contributed by atoms with Crippen LogP contribution in [-0.4, -0.2) is 23.3 Å². The zero-order valence-electron chi connectivity index (χ0n) is 10.4. The highest BCUT2D eigenvalue weighted by molar-refractivity contribution is 5.76. The molecule has 0 aliphatic rings. The lowest BCUT2D eigenvalue weighted by atomic mass is 10.1. The molecule has 0 aromatic heterocycles. The molecule has 0 fully saturated rings. The molecule has 17 heavy (non-hydrogen) atoms. The number of hydrogen-bond donors (Lipinski definition) is 2. The fraction of sp³-hybridized carbons (Fsp3) is 0.462. The summed E-state index contributed by atoms with van der Waals surface area (Å²) in [6, 6.07) is 6.96. The quantitative estimate of drug-likeness (QED) is 0.589. The molecule has 3 N–H and O–H groups in total. The summed E-state index contributed by atoms with van der Waals surface area (Å²) in [6.07, 6.45) is 0.549. The molecule has 0 bridgehead atoms. The predicted octanol–water partition coefficient (Wildman–Crippen LogP) is 2.36. The Balaban J connectivity index is 2.63. The van der Waals surface area contributed by atoms with E-state index in [1.54, 1.807) is 12.1 Å². The third-order valence-corrected chi connectivity index (χ3v) is 2.67. The molecule has 3 nitrogen and oxygen atoms in total. The van der Waals surface area contributed by atoms with Gasteiger partial charge < -0.3 is 5.73 Å². The highest BCUT2D eigenvalue weighted by atomic mass is 19.1. The Morgan fingerprint density at radius 3 is 2.71 bits per heavy atom. The van der Waals surface area contributed by atoms with Crippen molar-refractivity contribution in [1.29, 1.82) is 5.41 Å². The van der Waals surface area contributed by atoms with Gasteiger partial charge in [-0.05, 0) is 31.5 Å². The van der Waals surface area contributed by atoms with Crippen LogP contribution in [-0.2, 0) is 6.54 Å². The first-order valence-corrected chi connectivity index (χ1v) is 5.80. The zero-order chi connectivity index (χ0) is 12.8. The molecule has 1 aromatic carbocycles. The van der Waals surface area contributed by atoms with Gasteiger partial charge in [0.25, 0.3) is 0 Å². The lowest BCUT2D eigenvalue weighted by Crippen LogP contribution is -2.33. The Labute approximate surface area is 102 Å². The SMILES string of the molecule is CC(C)N(CCC(=N)N)Cc1cccc(F)c1. The van der Waals surface area contributed by atoms with Gasteiger partial charge in [-0.15, -0.1) is 0 Å². The maximum atomic E-state index is 13.1. The van der Waals surface area contributed by atoms with Gasteiger partial charge in [0.05, 0.1) is 5.84 Å². The molecular formula is C13H20FN3. The Kier molecular flexibility index (Phi) is 5.10. The van der Waals surface area contributed by atoms with Crippen molar-refractivity contribution < 1.29 is 4.39 Å². The van der Waals surface area contributed by atoms with Crippen LogP contribution in [0.3, 0.4) is 0 Å². The summed E-state index contributed by atoms with van der Waals surface area (Å²) < 4.78 is 13.1. The Morgan fingerprint density at radius 1 is 1.47 bits per heavy atom. The van der Waals surface area contributed by atoms with Crippen molar-refractivity contribution in [2.75, 3.05) is 6.54 Å². The normalized spacial score (nSPS) is 11.1. The second-order valence-electron chi connectivity index (χ2n) is 4.47. The lowest BCUT2D eigenvalue weighted by molar-refractivity contribution is 0.218. The number of rotatable bonds is 6. The monoisotopic (exact) mass is 237 g/mol. The first-order valence-electron chi connectivity index (χ1n) is 5.80. The largest absolute Gasteiger partial charge is 0.388 e. The van der Waals surface area contributed by atoms with Gasteiger partial charge in [-0.25, -0.2) is 4.39 Å². The maximum absolute atomic E-state index is 13.1. The maximum Gasteiger partial charge on any atom is 0.123 e. The Bertz CT molecular complexity index is 377. The summed E-state index contributed by atoms with van der Waals surface area (Å²) in [4.78, 5) is 2.18. The van der Waals surface area contributed by atoms with Gasteiger partial charge in [0, 0.05) is 25.6 Å². The van der Waals surface area contributed by atoms with Gasteiger partial charge in [0.1, 0.15) is 5.82 Å². The van der Waals surface area contributed by atoms with E-state index in [2.05, 4.69) is 18.7 Å². The number of nitrogens with two attached hydrogens (primary N) is 1. The van der Waals surface area contributed by atoms with Gasteiger partial charge >= 0.3 is 0 Å². The predicted molar refractivity (Wildman–Crippen MR) is 68.5 cm³/mol. The molecule has 0 aliphatic carbocycles. The summed E-state index contributed by atoms with van der Waals surface area (Å²) in [6.45, 7) is 5.57. The molecule has 0 saturated heterocycles. The molecule has 0 saturated carbocycles. The van der Waals surface area contributed by atoms with E-state index in [1.807, 2.05) is 6.07 Å². The van der Waals surface area contributed by atoms with Crippen molar-refractivity contribution in [3.05, 3.63) is 35.6 Å². The van der Waals surface area contributed by atoms with Gasteiger partial charge in [-0.1, -0.05) is 12.1 Å². The summed E-state index contributed by atoms with van der Waals surface area (Å²) in [5.74, 6) is -0.0207. The van der Waals surface area contributed by atoms with E-state index in [4.69, 9.17) is 11.1 Å². The molecule has 1 rings (SSSR count). The average Bonchev–Trinajstić information content (AvgIpc) is 2.23. The molecule has 94 valence electrons. The minimum atomic E-state index is -0.210. The van der Waals surface area contributed by atoms with Gasteiger partial charge in [-0.2, -0.15) is 0 Å². The summed E-state index contributed by atoms with van der Waals surface area (Å²) in [7, 11) is 0. The number of nitrogens with zero attached hydrogens (tertiary/aromatic N) is 1. The summed E-state index contributed by atoms with van der Waals surface area (Å²) >= 11 is 0. The first kappa shape index (κ1) is 13.6. The highest BCUT2D eigenvalue weighted by Crippen LogP contribution is 2.10. The van der Waals surface area contributed by atoms with E-state index in [1.165, 1.54) is 6.07 Å². The van der Waals surface area contributed by atoms with Crippen molar-refractivity contribution in [1.82, 2.24) is 4.90 Å². The topological polar surface area (TPSA) is 53.1 Å². The summed E-state index contributed by atoms with van der Waals surface area (Å²) in [5.41, 5.74) is 6.30. The van der Waals surface area contributed by atoms with E-state index in [0.717, 1.165) is 12.1 Å². The molecule has 0 aliphatic heterocycles. The molecule has 0 atom stereocenters. The second-order valence-corrected chi connectivity index (χ2v) is 4.47. The number of halogens is 1. The molecule has 4 heteroatoms. The third-order valence-electron chi connectivity index (χ3n) is 2.67. The zero-order valence-corrected chi connectivity index (χ0v) is 10.4. The molecule has 0 heterocycles. The van der Waals surface area contributed by atoms with E-state index in [9.17, 15) is 4.39 Å². The minimum absolute atomic E-state index is 0.190. The van der Waals surface area contributed by atoms with Crippen LogP contribution >= 0.6 is 0 Å². The molecule has 0 radical (unpaired) electrons. The van der Waals surface area contributed by atoms with Crippen LogP contribution in [0.4, 0.5) is 4.39 Å². The number of hydrogen-bond acceptors (Lipinski definition) is 2. The fourth-order valence-electron chi connectivity index (χ4n) is 1.65. The molecular weight excluding hydrogens is 217 g/mol. The standard InChI is InChI=1S/C13H20FN3/c1-10(2)17(7-6-13(15)16)9-11-4-3-5-12(14)8-11/h3-5,8,10H,6-7,9H2,1-2H3,(H3,15,16).